The van der Waals surface area contributed by atoms with Crippen LogP contribution in [0, 0.1) is 6.92 Å². The predicted octanol–water partition coefficient (Wildman–Crippen LogP) is 2.10. The number of hydrogen-bond acceptors (Lipinski definition) is 4. The minimum absolute atomic E-state index is 0.176. The number of pyridine rings is 2. The summed E-state index contributed by atoms with van der Waals surface area (Å²) in [5.74, 6) is -0.986. The van der Waals surface area contributed by atoms with Crippen molar-refractivity contribution in [3.8, 4) is 0 Å². The van der Waals surface area contributed by atoms with Gasteiger partial charge in [0.15, 0.2) is 0 Å². The van der Waals surface area contributed by atoms with Crippen molar-refractivity contribution in [1.29, 1.82) is 0 Å². The van der Waals surface area contributed by atoms with E-state index in [1.54, 1.807) is 18.5 Å². The number of aryl methyl sites for hydroxylation is 1. The Bertz CT molecular complexity index is 555. The quantitative estimate of drug-likeness (QED) is 0.860. The van der Waals surface area contributed by atoms with Crippen molar-refractivity contribution < 1.29 is 9.90 Å². The fourth-order valence-electron chi connectivity index (χ4n) is 1.57. The first-order valence-electron chi connectivity index (χ1n) is 5.49. The molecule has 0 unspecified atom stereocenters. The lowest BCUT2D eigenvalue weighted by atomic mass is 10.2. The van der Waals surface area contributed by atoms with E-state index in [1.165, 1.54) is 6.20 Å². The Morgan fingerprint density at radius 1 is 1.39 bits per heavy atom. The van der Waals surface area contributed by atoms with Gasteiger partial charge in [0.25, 0.3) is 0 Å². The molecule has 2 aromatic rings. The molecule has 92 valence electrons. The van der Waals surface area contributed by atoms with Crippen LogP contribution in [0.3, 0.4) is 0 Å². The highest BCUT2D eigenvalue weighted by molar-refractivity contribution is 5.93. The van der Waals surface area contributed by atoms with Gasteiger partial charge in [-0.15, -0.1) is 0 Å². The number of carbonyl (C=O) groups is 1. The van der Waals surface area contributed by atoms with Crippen molar-refractivity contribution in [2.75, 3.05) is 5.32 Å². The van der Waals surface area contributed by atoms with Gasteiger partial charge in [-0.05, 0) is 30.7 Å². The van der Waals surface area contributed by atoms with Crippen LogP contribution in [0.2, 0.25) is 0 Å². The van der Waals surface area contributed by atoms with Crippen LogP contribution >= 0.6 is 0 Å². The summed E-state index contributed by atoms with van der Waals surface area (Å²) in [5, 5.41) is 12.2. The highest BCUT2D eigenvalue weighted by Gasteiger charge is 2.10. The number of carboxylic acids is 1. The average Bonchev–Trinajstić information content (AvgIpc) is 2.37. The molecular formula is C13H13N3O2. The largest absolute Gasteiger partial charge is 0.478 e. The predicted molar refractivity (Wildman–Crippen MR) is 67.5 cm³/mol. The minimum atomic E-state index is -0.986. The zero-order valence-corrected chi connectivity index (χ0v) is 9.92. The Kier molecular flexibility index (Phi) is 3.52. The van der Waals surface area contributed by atoms with E-state index in [0.29, 0.717) is 12.2 Å². The molecule has 2 N–H and O–H groups in total. The highest BCUT2D eigenvalue weighted by Crippen LogP contribution is 2.16. The first-order chi connectivity index (χ1) is 8.66. The Morgan fingerprint density at radius 3 is 2.78 bits per heavy atom. The van der Waals surface area contributed by atoms with Crippen LogP contribution < -0.4 is 5.32 Å². The summed E-state index contributed by atoms with van der Waals surface area (Å²) < 4.78 is 0. The second-order valence-corrected chi connectivity index (χ2v) is 3.89. The zero-order chi connectivity index (χ0) is 13.0. The van der Waals surface area contributed by atoms with Crippen LogP contribution in [0.5, 0.6) is 0 Å². The topological polar surface area (TPSA) is 75.1 Å². The highest BCUT2D eigenvalue weighted by atomic mass is 16.4. The Balaban J connectivity index is 2.18. The molecule has 2 aromatic heterocycles. The third-order valence-electron chi connectivity index (χ3n) is 2.50. The summed E-state index contributed by atoms with van der Waals surface area (Å²) in [6.07, 6.45) is 4.77. The van der Waals surface area contributed by atoms with E-state index in [4.69, 9.17) is 5.11 Å². The molecule has 0 fully saturated rings. The third-order valence-corrected chi connectivity index (χ3v) is 2.50. The maximum absolute atomic E-state index is 11.1. The Labute approximate surface area is 105 Å². The number of anilines is 1. The number of hydrogen-bond donors (Lipinski definition) is 2. The van der Waals surface area contributed by atoms with Crippen molar-refractivity contribution in [2.24, 2.45) is 0 Å². The number of carboxylic acid groups (broad SMARTS) is 1. The average molecular weight is 243 g/mol. The van der Waals surface area contributed by atoms with Gasteiger partial charge in [-0.2, -0.15) is 0 Å². The summed E-state index contributed by atoms with van der Waals surface area (Å²) >= 11 is 0. The fourth-order valence-corrected chi connectivity index (χ4v) is 1.57. The number of nitrogens with zero attached hydrogens (tertiary/aromatic N) is 2. The second kappa shape index (κ2) is 5.27. The number of aromatic carboxylic acids is 1. The molecule has 5 heteroatoms. The fraction of sp³-hybridized carbons (Fsp3) is 0.154. The molecule has 0 atom stereocenters. The third kappa shape index (κ3) is 2.82. The molecule has 0 amide bonds. The van der Waals surface area contributed by atoms with Gasteiger partial charge in [0.1, 0.15) is 5.56 Å². The summed E-state index contributed by atoms with van der Waals surface area (Å²) in [7, 11) is 0. The van der Waals surface area contributed by atoms with Gasteiger partial charge in [0, 0.05) is 30.8 Å². The lowest BCUT2D eigenvalue weighted by molar-refractivity contribution is 0.0697. The Hall–Kier alpha value is -2.43. The van der Waals surface area contributed by atoms with Crippen molar-refractivity contribution in [3.63, 3.8) is 0 Å². The van der Waals surface area contributed by atoms with Crippen LogP contribution in [-0.4, -0.2) is 21.0 Å². The second-order valence-electron chi connectivity index (χ2n) is 3.89. The van der Waals surface area contributed by atoms with Gasteiger partial charge in [0.05, 0.1) is 5.69 Å². The van der Waals surface area contributed by atoms with E-state index in [1.807, 2.05) is 19.1 Å². The van der Waals surface area contributed by atoms with Gasteiger partial charge in [0.2, 0.25) is 0 Å². The maximum atomic E-state index is 11.1. The molecule has 0 bridgehead atoms. The Morgan fingerprint density at radius 2 is 2.11 bits per heavy atom. The molecule has 0 aliphatic rings. The number of aromatic nitrogens is 2. The van der Waals surface area contributed by atoms with Gasteiger partial charge >= 0.3 is 5.97 Å². The molecule has 0 aliphatic heterocycles. The van der Waals surface area contributed by atoms with Gasteiger partial charge in [-0.3, -0.25) is 9.97 Å². The summed E-state index contributed by atoms with van der Waals surface area (Å²) in [6, 6.07) is 5.48. The van der Waals surface area contributed by atoms with Crippen LogP contribution in [0.25, 0.3) is 0 Å². The minimum Gasteiger partial charge on any atom is -0.478 e. The molecule has 0 aromatic carbocycles. The zero-order valence-electron chi connectivity index (χ0n) is 9.92. The summed E-state index contributed by atoms with van der Waals surface area (Å²) in [4.78, 5) is 19.0. The van der Waals surface area contributed by atoms with Crippen molar-refractivity contribution >= 4 is 11.7 Å². The van der Waals surface area contributed by atoms with Crippen LogP contribution in [0.15, 0.2) is 36.8 Å². The van der Waals surface area contributed by atoms with Crippen molar-refractivity contribution in [2.45, 2.75) is 13.5 Å². The molecule has 2 heterocycles. The molecule has 0 saturated carbocycles. The van der Waals surface area contributed by atoms with Gasteiger partial charge in [-0.25, -0.2) is 4.79 Å². The first kappa shape index (κ1) is 12.0. The maximum Gasteiger partial charge on any atom is 0.339 e. The molecule has 0 saturated heterocycles. The summed E-state index contributed by atoms with van der Waals surface area (Å²) in [5.41, 5.74) is 2.56. The van der Waals surface area contributed by atoms with E-state index in [2.05, 4.69) is 15.3 Å². The summed E-state index contributed by atoms with van der Waals surface area (Å²) in [6.45, 7) is 2.37. The monoisotopic (exact) mass is 243 g/mol. The van der Waals surface area contributed by atoms with E-state index in [-0.39, 0.29) is 5.56 Å². The molecule has 0 spiro atoms. The molecule has 5 nitrogen and oxygen atoms in total. The van der Waals surface area contributed by atoms with Gasteiger partial charge in [-0.1, -0.05) is 0 Å². The molecule has 0 aliphatic carbocycles. The number of rotatable bonds is 4. The van der Waals surface area contributed by atoms with E-state index in [9.17, 15) is 4.79 Å². The van der Waals surface area contributed by atoms with Crippen LogP contribution in [0.1, 0.15) is 21.6 Å². The standard InChI is InChI=1S/C13H13N3O2/c1-9-6-12(11(8-15-9)13(17)18)16-7-10-2-4-14-5-3-10/h2-6,8H,7H2,1H3,(H,15,16)(H,17,18). The lowest BCUT2D eigenvalue weighted by Gasteiger charge is -2.10. The van der Waals surface area contributed by atoms with Crippen LogP contribution in [0.4, 0.5) is 5.69 Å². The van der Waals surface area contributed by atoms with E-state index in [0.717, 1.165) is 11.3 Å². The molecule has 0 radical (unpaired) electrons. The van der Waals surface area contributed by atoms with E-state index < -0.39 is 5.97 Å². The van der Waals surface area contributed by atoms with Gasteiger partial charge < -0.3 is 10.4 Å². The lowest BCUT2D eigenvalue weighted by Crippen LogP contribution is -2.07. The molecule has 2 rings (SSSR count). The van der Waals surface area contributed by atoms with Crippen LogP contribution in [-0.2, 0) is 6.54 Å². The van der Waals surface area contributed by atoms with E-state index >= 15 is 0 Å². The smallest absolute Gasteiger partial charge is 0.339 e. The normalized spacial score (nSPS) is 10.1. The van der Waals surface area contributed by atoms with Crippen molar-refractivity contribution in [1.82, 2.24) is 9.97 Å². The first-order valence-corrected chi connectivity index (χ1v) is 5.49. The van der Waals surface area contributed by atoms with Crippen molar-refractivity contribution in [3.05, 3.63) is 53.6 Å². The number of nitrogens with one attached hydrogen (secondary N) is 1. The molecular weight excluding hydrogens is 230 g/mol. The molecule has 18 heavy (non-hydrogen) atoms. The SMILES string of the molecule is Cc1cc(NCc2ccncc2)c(C(=O)O)cn1.